The molecule has 0 radical (unpaired) electrons. The van der Waals surface area contributed by atoms with Gasteiger partial charge >= 0.3 is 0 Å². The quantitative estimate of drug-likeness (QED) is 0.795. The van der Waals surface area contributed by atoms with E-state index in [2.05, 4.69) is 22.5 Å². The van der Waals surface area contributed by atoms with Gasteiger partial charge in [0.15, 0.2) is 0 Å². The first-order valence-corrected chi connectivity index (χ1v) is 8.93. The molecule has 0 spiro atoms. The predicted molar refractivity (Wildman–Crippen MR) is 103 cm³/mol. The molecule has 4 nitrogen and oxygen atoms in total. The largest absolute Gasteiger partial charge is 0.346 e. The highest BCUT2D eigenvalue weighted by Crippen LogP contribution is 2.32. The number of nitrogens with one attached hydrogen (secondary N) is 2. The summed E-state index contributed by atoms with van der Waals surface area (Å²) in [5.41, 5.74) is 0.484. The van der Waals surface area contributed by atoms with Crippen molar-refractivity contribution in [2.75, 3.05) is 13.1 Å². The Morgan fingerprint density at radius 1 is 1.43 bits per heavy atom. The number of carbonyl (C=O) groups excluding carboxylic acids is 1. The molecule has 3 heterocycles. The highest BCUT2D eigenvalue weighted by Gasteiger charge is 2.24. The third kappa shape index (κ3) is 5.05. The standard InChI is InChI=1S/C14H16ClN3OS2.2ClH/c1-8-4-5-16-6-9(8)17-13(19)10-7-20-14(18-10)11-2-3-12(15)21-11;;/h2-3,7-9,16H,4-6H2,1H3,(H,17,19);2*1H. The summed E-state index contributed by atoms with van der Waals surface area (Å²) in [6, 6.07) is 3.95. The second-order valence-corrected chi connectivity index (χ2v) is 7.76. The molecule has 2 aromatic heterocycles. The first kappa shape index (κ1) is 20.7. The molecule has 128 valence electrons. The fourth-order valence-corrected chi connectivity index (χ4v) is 4.26. The Morgan fingerprint density at radius 3 is 2.87 bits per heavy atom. The van der Waals surface area contributed by atoms with Crippen molar-refractivity contribution < 1.29 is 4.79 Å². The van der Waals surface area contributed by atoms with E-state index in [-0.39, 0.29) is 36.8 Å². The van der Waals surface area contributed by atoms with Gasteiger partial charge in [-0.1, -0.05) is 18.5 Å². The fourth-order valence-electron chi connectivity index (χ4n) is 2.35. The minimum absolute atomic E-state index is 0. The molecule has 23 heavy (non-hydrogen) atoms. The number of piperidine rings is 1. The molecule has 0 aromatic carbocycles. The molecule has 1 fully saturated rings. The van der Waals surface area contributed by atoms with Crippen LogP contribution in [0.5, 0.6) is 0 Å². The molecular formula is C14H18Cl3N3OS2. The van der Waals surface area contributed by atoms with Crippen molar-refractivity contribution >= 4 is 65.0 Å². The van der Waals surface area contributed by atoms with Crippen LogP contribution >= 0.6 is 59.1 Å². The highest BCUT2D eigenvalue weighted by atomic mass is 35.5. The Bertz CT molecular complexity index is 647. The van der Waals surface area contributed by atoms with Gasteiger partial charge in [-0.15, -0.1) is 47.5 Å². The van der Waals surface area contributed by atoms with Crippen molar-refractivity contribution in [3.05, 3.63) is 27.5 Å². The Balaban J connectivity index is 0.00000132. The van der Waals surface area contributed by atoms with Crippen LogP contribution in [0.15, 0.2) is 17.5 Å². The maximum atomic E-state index is 12.3. The zero-order valence-electron chi connectivity index (χ0n) is 12.4. The number of aromatic nitrogens is 1. The molecule has 1 aliphatic rings. The van der Waals surface area contributed by atoms with Crippen molar-refractivity contribution in [3.63, 3.8) is 0 Å². The lowest BCUT2D eigenvalue weighted by molar-refractivity contribution is 0.0911. The number of halogens is 3. The topological polar surface area (TPSA) is 54.0 Å². The van der Waals surface area contributed by atoms with Crippen LogP contribution in [0.1, 0.15) is 23.8 Å². The van der Waals surface area contributed by atoms with E-state index in [1.807, 2.05) is 12.1 Å². The van der Waals surface area contributed by atoms with Crippen molar-refractivity contribution in [2.24, 2.45) is 5.92 Å². The number of nitrogens with zero attached hydrogens (tertiary/aromatic N) is 1. The lowest BCUT2D eigenvalue weighted by atomic mass is 9.95. The SMILES string of the molecule is CC1CCNCC1NC(=O)c1csc(-c2ccc(Cl)s2)n1.Cl.Cl. The summed E-state index contributed by atoms with van der Waals surface area (Å²) in [5.74, 6) is 0.394. The molecule has 1 aliphatic heterocycles. The van der Waals surface area contributed by atoms with Crippen LogP contribution in [0.2, 0.25) is 4.34 Å². The first-order chi connectivity index (χ1) is 10.1. The number of carbonyl (C=O) groups is 1. The smallest absolute Gasteiger partial charge is 0.271 e. The Morgan fingerprint density at radius 2 is 2.22 bits per heavy atom. The van der Waals surface area contributed by atoms with Gasteiger partial charge in [0.2, 0.25) is 0 Å². The predicted octanol–water partition coefficient (Wildman–Crippen LogP) is 4.10. The minimum Gasteiger partial charge on any atom is -0.346 e. The summed E-state index contributed by atoms with van der Waals surface area (Å²) >= 11 is 8.88. The van der Waals surface area contributed by atoms with Crippen LogP contribution in [0.3, 0.4) is 0 Å². The van der Waals surface area contributed by atoms with Crippen LogP contribution in [0, 0.1) is 5.92 Å². The lowest BCUT2D eigenvalue weighted by Crippen LogP contribution is -2.50. The van der Waals surface area contributed by atoms with Crippen molar-refractivity contribution in [1.29, 1.82) is 0 Å². The summed E-state index contributed by atoms with van der Waals surface area (Å²) in [5, 5.41) is 9.03. The van der Waals surface area contributed by atoms with Gasteiger partial charge < -0.3 is 10.6 Å². The molecule has 9 heteroatoms. The molecule has 0 aliphatic carbocycles. The van der Waals surface area contributed by atoms with Gasteiger partial charge in [0, 0.05) is 18.0 Å². The summed E-state index contributed by atoms with van der Waals surface area (Å²) < 4.78 is 0.730. The molecule has 0 bridgehead atoms. The number of hydrogen-bond donors (Lipinski definition) is 2. The van der Waals surface area contributed by atoms with Crippen molar-refractivity contribution in [2.45, 2.75) is 19.4 Å². The van der Waals surface area contributed by atoms with Crippen LogP contribution in [0.4, 0.5) is 0 Å². The van der Waals surface area contributed by atoms with E-state index in [0.717, 1.165) is 33.7 Å². The van der Waals surface area contributed by atoms with E-state index < -0.39 is 0 Å². The normalized spacial score (nSPS) is 20.3. The van der Waals surface area contributed by atoms with Gasteiger partial charge in [0.05, 0.1) is 9.21 Å². The number of thiazole rings is 1. The lowest BCUT2D eigenvalue weighted by Gasteiger charge is -2.29. The average molecular weight is 415 g/mol. The molecule has 3 rings (SSSR count). The molecular weight excluding hydrogens is 397 g/mol. The van der Waals surface area contributed by atoms with Crippen LogP contribution < -0.4 is 10.6 Å². The highest BCUT2D eigenvalue weighted by molar-refractivity contribution is 7.23. The zero-order chi connectivity index (χ0) is 14.8. The number of rotatable bonds is 3. The summed E-state index contributed by atoms with van der Waals surface area (Å²) in [6.45, 7) is 4.02. The summed E-state index contributed by atoms with van der Waals surface area (Å²) in [4.78, 5) is 17.7. The van der Waals surface area contributed by atoms with E-state index in [1.165, 1.54) is 22.7 Å². The van der Waals surface area contributed by atoms with Gasteiger partial charge in [-0.3, -0.25) is 4.79 Å². The van der Waals surface area contributed by atoms with Crippen LogP contribution in [-0.4, -0.2) is 30.0 Å². The van der Waals surface area contributed by atoms with Gasteiger partial charge in [-0.25, -0.2) is 4.98 Å². The average Bonchev–Trinajstić information content (AvgIpc) is 3.10. The molecule has 1 amide bonds. The summed E-state index contributed by atoms with van der Waals surface area (Å²) in [7, 11) is 0. The molecule has 2 unspecified atom stereocenters. The first-order valence-electron chi connectivity index (χ1n) is 6.86. The second-order valence-electron chi connectivity index (χ2n) is 5.19. The maximum absolute atomic E-state index is 12.3. The van der Waals surface area contributed by atoms with E-state index in [0.29, 0.717) is 11.6 Å². The third-order valence-electron chi connectivity index (χ3n) is 3.66. The maximum Gasteiger partial charge on any atom is 0.271 e. The van der Waals surface area contributed by atoms with Crippen molar-refractivity contribution in [3.8, 4) is 9.88 Å². The van der Waals surface area contributed by atoms with Gasteiger partial charge in [-0.2, -0.15) is 0 Å². The Labute approximate surface area is 160 Å². The van der Waals surface area contributed by atoms with Crippen LogP contribution in [0.25, 0.3) is 9.88 Å². The van der Waals surface area contributed by atoms with E-state index >= 15 is 0 Å². The van der Waals surface area contributed by atoms with E-state index in [9.17, 15) is 4.79 Å². The summed E-state index contributed by atoms with van der Waals surface area (Å²) in [6.07, 6.45) is 1.08. The van der Waals surface area contributed by atoms with E-state index in [1.54, 1.807) is 5.38 Å². The Hall–Kier alpha value is -0.370. The fraction of sp³-hybridized carbons (Fsp3) is 0.429. The molecule has 2 N–H and O–H groups in total. The minimum atomic E-state index is -0.0966. The van der Waals surface area contributed by atoms with E-state index in [4.69, 9.17) is 11.6 Å². The second kappa shape index (κ2) is 9.20. The monoisotopic (exact) mass is 413 g/mol. The van der Waals surface area contributed by atoms with Gasteiger partial charge in [0.25, 0.3) is 5.91 Å². The zero-order valence-corrected chi connectivity index (χ0v) is 16.4. The Kier molecular flexibility index (Phi) is 8.27. The molecule has 2 atom stereocenters. The van der Waals surface area contributed by atoms with Crippen LogP contribution in [-0.2, 0) is 0 Å². The number of thiophene rings is 1. The number of hydrogen-bond acceptors (Lipinski definition) is 5. The third-order valence-corrected chi connectivity index (χ3v) is 5.91. The van der Waals surface area contributed by atoms with Crippen molar-refractivity contribution in [1.82, 2.24) is 15.6 Å². The van der Waals surface area contributed by atoms with Gasteiger partial charge in [-0.05, 0) is 31.0 Å². The molecule has 0 saturated carbocycles. The molecule has 2 aromatic rings. The number of amides is 1. The van der Waals surface area contributed by atoms with Gasteiger partial charge in [0.1, 0.15) is 10.7 Å². The molecule has 1 saturated heterocycles.